The molecule has 3 aromatic rings. The number of nitrogens with zero attached hydrogens (tertiary/aromatic N) is 2. The second kappa shape index (κ2) is 9.18. The fourth-order valence-electron chi connectivity index (χ4n) is 3.26. The fourth-order valence-corrected chi connectivity index (χ4v) is 3.53. The molecule has 0 aliphatic carbocycles. The second-order valence-electron chi connectivity index (χ2n) is 6.81. The highest BCUT2D eigenvalue weighted by Gasteiger charge is 2.32. The predicted octanol–water partition coefficient (Wildman–Crippen LogP) is 5.69. The molecule has 31 heavy (non-hydrogen) atoms. The van der Waals surface area contributed by atoms with Gasteiger partial charge in [0, 0.05) is 10.0 Å². The Morgan fingerprint density at radius 3 is 2.19 bits per heavy atom. The molecule has 1 aliphatic rings. The smallest absolute Gasteiger partial charge is 0.282 e. The van der Waals surface area contributed by atoms with E-state index in [9.17, 15) is 4.79 Å². The number of methoxy groups -OCH3 is 1. The Morgan fingerprint density at radius 2 is 1.58 bits per heavy atom. The van der Waals surface area contributed by atoms with Gasteiger partial charge in [-0.2, -0.15) is 0 Å². The van der Waals surface area contributed by atoms with Crippen molar-refractivity contribution in [3.63, 3.8) is 0 Å². The first-order valence-corrected chi connectivity index (χ1v) is 10.7. The van der Waals surface area contributed by atoms with Crippen molar-refractivity contribution in [3.8, 4) is 11.5 Å². The van der Waals surface area contributed by atoms with Gasteiger partial charge in [0.1, 0.15) is 23.0 Å². The second-order valence-corrected chi connectivity index (χ2v) is 7.73. The van der Waals surface area contributed by atoms with E-state index in [1.807, 2.05) is 79.7 Å². The van der Waals surface area contributed by atoms with Crippen molar-refractivity contribution in [2.45, 2.75) is 6.92 Å². The monoisotopic (exact) mass is 476 g/mol. The van der Waals surface area contributed by atoms with Crippen LogP contribution in [0.15, 0.2) is 88.0 Å². The topological polar surface area (TPSA) is 51.1 Å². The van der Waals surface area contributed by atoms with Crippen LogP contribution < -0.4 is 14.4 Å². The Hall–Kier alpha value is -3.38. The predicted molar refractivity (Wildman–Crippen MR) is 127 cm³/mol. The summed E-state index contributed by atoms with van der Waals surface area (Å²) in [7, 11) is 1.62. The van der Waals surface area contributed by atoms with E-state index in [-0.39, 0.29) is 5.91 Å². The summed E-state index contributed by atoms with van der Waals surface area (Å²) in [5, 5.41) is 0. The van der Waals surface area contributed by atoms with Crippen molar-refractivity contribution < 1.29 is 14.3 Å². The number of hydrogen-bond acceptors (Lipinski definition) is 4. The van der Waals surface area contributed by atoms with Crippen LogP contribution in [0.5, 0.6) is 11.5 Å². The van der Waals surface area contributed by atoms with Crippen LogP contribution in [0.25, 0.3) is 6.08 Å². The molecule has 3 aromatic carbocycles. The molecular weight excluding hydrogens is 456 g/mol. The lowest BCUT2D eigenvalue weighted by atomic mass is 10.1. The highest BCUT2D eigenvalue weighted by molar-refractivity contribution is 9.10. The molecule has 0 aromatic heterocycles. The largest absolute Gasteiger partial charge is 0.497 e. The third kappa shape index (κ3) is 4.54. The van der Waals surface area contributed by atoms with Gasteiger partial charge < -0.3 is 9.47 Å². The highest BCUT2D eigenvalue weighted by Crippen LogP contribution is 2.30. The maximum Gasteiger partial charge on any atom is 0.282 e. The van der Waals surface area contributed by atoms with Gasteiger partial charge in [-0.3, -0.25) is 9.69 Å². The maximum atomic E-state index is 13.4. The highest BCUT2D eigenvalue weighted by atomic mass is 79.9. The van der Waals surface area contributed by atoms with Crippen molar-refractivity contribution >= 4 is 39.4 Å². The number of benzene rings is 3. The molecule has 1 heterocycles. The first kappa shape index (κ1) is 20.9. The van der Waals surface area contributed by atoms with Gasteiger partial charge in [0.15, 0.2) is 0 Å². The van der Waals surface area contributed by atoms with Crippen LogP contribution in [-0.2, 0) is 4.79 Å². The van der Waals surface area contributed by atoms with Gasteiger partial charge in [-0.1, -0.05) is 40.2 Å². The van der Waals surface area contributed by atoms with E-state index in [0.29, 0.717) is 18.1 Å². The van der Waals surface area contributed by atoms with Crippen LogP contribution in [0, 0.1) is 0 Å². The van der Waals surface area contributed by atoms with Crippen molar-refractivity contribution in [1.82, 2.24) is 0 Å². The molecule has 0 fully saturated rings. The van der Waals surface area contributed by atoms with Crippen LogP contribution >= 0.6 is 15.9 Å². The summed E-state index contributed by atoms with van der Waals surface area (Å²) in [6.45, 7) is 2.52. The summed E-state index contributed by atoms with van der Waals surface area (Å²) >= 11 is 3.46. The number of ether oxygens (including phenoxy) is 2. The lowest BCUT2D eigenvalue weighted by Crippen LogP contribution is -2.32. The van der Waals surface area contributed by atoms with Crippen LogP contribution in [0.3, 0.4) is 0 Å². The van der Waals surface area contributed by atoms with Crippen LogP contribution in [0.1, 0.15) is 18.1 Å². The molecule has 6 heteroatoms. The number of amidine groups is 1. The Bertz CT molecular complexity index is 1130. The first-order valence-electron chi connectivity index (χ1n) is 9.86. The zero-order chi connectivity index (χ0) is 21.8. The van der Waals surface area contributed by atoms with Crippen LogP contribution in [-0.4, -0.2) is 25.5 Å². The Morgan fingerprint density at radius 1 is 0.935 bits per heavy atom. The van der Waals surface area contributed by atoms with E-state index in [1.54, 1.807) is 18.1 Å². The molecule has 0 N–H and O–H groups in total. The molecule has 1 aliphatic heterocycles. The number of aliphatic imine (C=N–C) groups is 1. The van der Waals surface area contributed by atoms with Crippen molar-refractivity contribution in [2.24, 2.45) is 4.99 Å². The van der Waals surface area contributed by atoms with Crippen molar-refractivity contribution in [2.75, 3.05) is 18.6 Å². The van der Waals surface area contributed by atoms with E-state index in [0.717, 1.165) is 32.8 Å². The summed E-state index contributed by atoms with van der Waals surface area (Å²) < 4.78 is 11.7. The number of amides is 1. The average molecular weight is 477 g/mol. The summed E-state index contributed by atoms with van der Waals surface area (Å²) in [5.41, 5.74) is 2.82. The van der Waals surface area contributed by atoms with Gasteiger partial charge in [0.05, 0.1) is 19.4 Å². The molecule has 0 atom stereocenters. The Balaban J connectivity index is 1.75. The first-order chi connectivity index (χ1) is 15.1. The molecule has 156 valence electrons. The quantitative estimate of drug-likeness (QED) is 0.429. The Labute approximate surface area is 189 Å². The van der Waals surface area contributed by atoms with Crippen LogP contribution in [0.2, 0.25) is 0 Å². The van der Waals surface area contributed by atoms with Gasteiger partial charge >= 0.3 is 0 Å². The van der Waals surface area contributed by atoms with E-state index in [2.05, 4.69) is 15.9 Å². The van der Waals surface area contributed by atoms with Gasteiger partial charge in [-0.05, 0) is 67.1 Å². The molecule has 0 saturated heterocycles. The molecule has 0 saturated carbocycles. The third-order valence-electron chi connectivity index (χ3n) is 4.79. The van der Waals surface area contributed by atoms with Gasteiger partial charge in [0.2, 0.25) is 0 Å². The molecular formula is C25H21BrN2O3. The molecule has 0 radical (unpaired) electrons. The number of anilines is 1. The van der Waals surface area contributed by atoms with Gasteiger partial charge in [-0.15, -0.1) is 0 Å². The number of carbonyl (C=O) groups excluding carboxylic acids is 1. The van der Waals surface area contributed by atoms with E-state index >= 15 is 0 Å². The molecule has 4 rings (SSSR count). The lowest BCUT2D eigenvalue weighted by Gasteiger charge is -2.19. The lowest BCUT2D eigenvalue weighted by molar-refractivity contribution is -0.113. The minimum atomic E-state index is -0.183. The SMILES string of the molecule is CCOc1ccc(N2C(=O)/C(=C\c3ccc(OC)cc3)N=C2c2ccc(Br)cc2)cc1. The average Bonchev–Trinajstić information content (AvgIpc) is 3.11. The van der Waals surface area contributed by atoms with E-state index < -0.39 is 0 Å². The number of rotatable bonds is 6. The standard InChI is InChI=1S/C25H21BrN2O3/c1-3-31-22-14-10-20(11-15-22)28-24(18-6-8-19(26)9-7-18)27-23(25(28)29)16-17-4-12-21(30-2)13-5-17/h4-16H,3H2,1-2H3/b23-16+. The van der Waals surface area contributed by atoms with Crippen molar-refractivity contribution in [3.05, 3.63) is 94.1 Å². The van der Waals surface area contributed by atoms with E-state index in [4.69, 9.17) is 14.5 Å². The van der Waals surface area contributed by atoms with Crippen LogP contribution in [0.4, 0.5) is 5.69 Å². The fraction of sp³-hybridized carbons (Fsp3) is 0.120. The third-order valence-corrected chi connectivity index (χ3v) is 5.32. The summed E-state index contributed by atoms with van der Waals surface area (Å²) in [6.07, 6.45) is 1.79. The number of carbonyl (C=O) groups is 1. The summed E-state index contributed by atoms with van der Waals surface area (Å²) in [5.74, 6) is 1.92. The minimum Gasteiger partial charge on any atom is -0.497 e. The summed E-state index contributed by atoms with van der Waals surface area (Å²) in [4.78, 5) is 19.7. The number of hydrogen-bond donors (Lipinski definition) is 0. The summed E-state index contributed by atoms with van der Waals surface area (Å²) in [6, 6.07) is 22.7. The molecule has 5 nitrogen and oxygen atoms in total. The van der Waals surface area contributed by atoms with E-state index in [1.165, 1.54) is 0 Å². The molecule has 1 amide bonds. The number of halogens is 1. The maximum absolute atomic E-state index is 13.4. The molecule has 0 spiro atoms. The zero-order valence-electron chi connectivity index (χ0n) is 17.2. The molecule has 0 unspecified atom stereocenters. The minimum absolute atomic E-state index is 0.183. The normalized spacial score (nSPS) is 14.7. The van der Waals surface area contributed by atoms with Gasteiger partial charge in [0.25, 0.3) is 5.91 Å². The zero-order valence-corrected chi connectivity index (χ0v) is 18.8. The molecule has 0 bridgehead atoms. The van der Waals surface area contributed by atoms with Crippen molar-refractivity contribution in [1.29, 1.82) is 0 Å². The Kier molecular flexibility index (Phi) is 6.18. The van der Waals surface area contributed by atoms with Gasteiger partial charge in [-0.25, -0.2) is 4.99 Å².